The van der Waals surface area contributed by atoms with Crippen molar-refractivity contribution in [3.8, 4) is 0 Å². The summed E-state index contributed by atoms with van der Waals surface area (Å²) in [6.45, 7) is 0. The number of carboxylic acid groups (broad SMARTS) is 1. The molecule has 0 heterocycles. The minimum Gasteiger partial charge on any atom is -0.478 e. The molecule has 1 aliphatic rings. The first-order valence-corrected chi connectivity index (χ1v) is 7.39. The maximum absolute atomic E-state index is 13.5. The van der Waals surface area contributed by atoms with Crippen LogP contribution in [0.4, 0.5) is 10.1 Å². The van der Waals surface area contributed by atoms with Crippen molar-refractivity contribution in [3.05, 3.63) is 29.6 Å². The van der Waals surface area contributed by atoms with Crippen molar-refractivity contribution < 1.29 is 19.1 Å². The highest BCUT2D eigenvalue weighted by molar-refractivity contribution is 6.00. The normalized spacial score (nSPS) is 15.7. The van der Waals surface area contributed by atoms with Gasteiger partial charge in [-0.05, 0) is 24.5 Å². The number of aromatic carboxylic acids is 1. The van der Waals surface area contributed by atoms with Gasteiger partial charge in [0.15, 0.2) is 0 Å². The minimum absolute atomic E-state index is 0.0242. The van der Waals surface area contributed by atoms with Gasteiger partial charge in [0, 0.05) is 6.42 Å². The number of carboxylic acids is 1. The van der Waals surface area contributed by atoms with Gasteiger partial charge >= 0.3 is 5.97 Å². The van der Waals surface area contributed by atoms with E-state index in [-0.39, 0.29) is 11.6 Å². The molecule has 0 unspecified atom stereocenters. The summed E-state index contributed by atoms with van der Waals surface area (Å²) in [6.07, 6.45) is 7.19. The van der Waals surface area contributed by atoms with Crippen LogP contribution in [-0.4, -0.2) is 17.0 Å². The molecule has 1 aromatic rings. The predicted molar refractivity (Wildman–Crippen MR) is 77.8 cm³/mol. The zero-order valence-corrected chi connectivity index (χ0v) is 11.9. The summed E-state index contributed by atoms with van der Waals surface area (Å²) >= 11 is 0. The highest BCUT2D eigenvalue weighted by Crippen LogP contribution is 2.27. The molecular formula is C16H20FNO3. The summed E-state index contributed by atoms with van der Waals surface area (Å²) in [6, 6.07) is 3.87. The number of hydrogen-bond acceptors (Lipinski definition) is 2. The molecule has 0 spiro atoms. The van der Waals surface area contributed by atoms with Crippen LogP contribution in [0.1, 0.15) is 55.3 Å². The monoisotopic (exact) mass is 293 g/mol. The number of anilines is 1. The van der Waals surface area contributed by atoms with Gasteiger partial charge in [-0.2, -0.15) is 0 Å². The maximum atomic E-state index is 13.5. The first kappa shape index (κ1) is 15.5. The highest BCUT2D eigenvalue weighted by Gasteiger charge is 2.18. The van der Waals surface area contributed by atoms with Crippen molar-refractivity contribution in [2.45, 2.75) is 44.9 Å². The predicted octanol–water partition coefficient (Wildman–Crippen LogP) is 3.82. The number of nitrogens with one attached hydrogen (secondary N) is 1. The Morgan fingerprint density at radius 1 is 1.24 bits per heavy atom. The van der Waals surface area contributed by atoms with E-state index in [0.717, 1.165) is 25.3 Å². The van der Waals surface area contributed by atoms with Crippen LogP contribution in [0.25, 0.3) is 0 Å². The lowest BCUT2D eigenvalue weighted by Crippen LogP contribution is -2.17. The molecule has 1 aliphatic carbocycles. The number of hydrogen-bond donors (Lipinski definition) is 2. The summed E-state index contributed by atoms with van der Waals surface area (Å²) in [5.41, 5.74) is -0.459. The quantitative estimate of drug-likeness (QED) is 0.867. The van der Waals surface area contributed by atoms with Crippen molar-refractivity contribution >= 4 is 17.6 Å². The molecule has 21 heavy (non-hydrogen) atoms. The van der Waals surface area contributed by atoms with Crippen LogP contribution in [0.5, 0.6) is 0 Å². The van der Waals surface area contributed by atoms with Gasteiger partial charge < -0.3 is 10.4 Å². The van der Waals surface area contributed by atoms with Gasteiger partial charge in [0.05, 0.1) is 5.69 Å². The molecule has 2 rings (SSSR count). The van der Waals surface area contributed by atoms with E-state index in [0.29, 0.717) is 12.3 Å². The second-order valence-corrected chi connectivity index (χ2v) is 5.56. The van der Waals surface area contributed by atoms with Gasteiger partial charge in [-0.1, -0.05) is 38.2 Å². The van der Waals surface area contributed by atoms with E-state index >= 15 is 0 Å². The van der Waals surface area contributed by atoms with E-state index in [9.17, 15) is 14.0 Å². The SMILES string of the molecule is O=C(CCC1CCCCC1)Nc1cccc(F)c1C(=O)O. The fourth-order valence-electron chi connectivity index (χ4n) is 2.87. The lowest BCUT2D eigenvalue weighted by Gasteiger charge is -2.21. The number of amides is 1. The van der Waals surface area contributed by atoms with Crippen LogP contribution in [0.15, 0.2) is 18.2 Å². The van der Waals surface area contributed by atoms with E-state index in [2.05, 4.69) is 5.32 Å². The molecule has 1 amide bonds. The number of carbonyl (C=O) groups is 2. The van der Waals surface area contributed by atoms with Crippen molar-refractivity contribution in [1.82, 2.24) is 0 Å². The number of rotatable bonds is 5. The van der Waals surface area contributed by atoms with Gasteiger partial charge in [0.2, 0.25) is 5.91 Å². The van der Waals surface area contributed by atoms with E-state index in [1.807, 2.05) is 0 Å². The Kier molecular flexibility index (Phi) is 5.31. The Bertz CT molecular complexity index is 524. The topological polar surface area (TPSA) is 66.4 Å². The average Bonchev–Trinajstić information content (AvgIpc) is 2.46. The molecule has 2 N–H and O–H groups in total. The largest absolute Gasteiger partial charge is 0.478 e. The lowest BCUT2D eigenvalue weighted by molar-refractivity contribution is -0.116. The molecule has 0 bridgehead atoms. The van der Waals surface area contributed by atoms with Crippen molar-refractivity contribution in [2.24, 2.45) is 5.92 Å². The summed E-state index contributed by atoms with van der Waals surface area (Å²) in [5, 5.41) is 11.5. The second-order valence-electron chi connectivity index (χ2n) is 5.56. The number of carbonyl (C=O) groups excluding carboxylic acids is 1. The molecule has 5 heteroatoms. The molecule has 0 radical (unpaired) electrons. The Hall–Kier alpha value is -1.91. The minimum atomic E-state index is -1.38. The summed E-state index contributed by atoms with van der Waals surface area (Å²) in [5.74, 6) is -1.90. The fraction of sp³-hybridized carbons (Fsp3) is 0.500. The number of benzene rings is 1. The van der Waals surface area contributed by atoms with Gasteiger partial charge in [-0.15, -0.1) is 0 Å². The standard InChI is InChI=1S/C16H20FNO3/c17-12-7-4-8-13(15(12)16(20)21)18-14(19)10-9-11-5-2-1-3-6-11/h4,7-8,11H,1-3,5-6,9-10H2,(H,18,19)(H,20,21). The van der Waals surface area contributed by atoms with E-state index < -0.39 is 17.3 Å². The molecule has 1 fully saturated rings. The van der Waals surface area contributed by atoms with Crippen molar-refractivity contribution in [2.75, 3.05) is 5.32 Å². The molecule has 0 saturated heterocycles. The Labute approximate surface area is 123 Å². The van der Waals surface area contributed by atoms with Crippen LogP contribution in [-0.2, 0) is 4.79 Å². The van der Waals surface area contributed by atoms with Gasteiger partial charge in [-0.3, -0.25) is 4.79 Å². The molecule has 0 aromatic heterocycles. The molecule has 4 nitrogen and oxygen atoms in total. The van der Waals surface area contributed by atoms with Crippen LogP contribution >= 0.6 is 0 Å². The molecule has 0 aliphatic heterocycles. The maximum Gasteiger partial charge on any atom is 0.340 e. The summed E-state index contributed by atoms with van der Waals surface area (Å²) in [4.78, 5) is 23.0. The molecule has 1 aromatic carbocycles. The molecule has 1 saturated carbocycles. The van der Waals surface area contributed by atoms with Gasteiger partial charge in [0.1, 0.15) is 11.4 Å². The molecular weight excluding hydrogens is 273 g/mol. The molecule has 114 valence electrons. The second kappa shape index (κ2) is 7.20. The summed E-state index contributed by atoms with van der Waals surface area (Å²) < 4.78 is 13.5. The number of halogens is 1. The van der Waals surface area contributed by atoms with Crippen molar-refractivity contribution in [1.29, 1.82) is 0 Å². The zero-order chi connectivity index (χ0) is 15.2. The highest BCUT2D eigenvalue weighted by atomic mass is 19.1. The Morgan fingerprint density at radius 3 is 2.62 bits per heavy atom. The Balaban J connectivity index is 1.93. The first-order valence-electron chi connectivity index (χ1n) is 7.39. The smallest absolute Gasteiger partial charge is 0.340 e. The first-order chi connectivity index (χ1) is 10.1. The van der Waals surface area contributed by atoms with E-state index in [1.54, 1.807) is 0 Å². The van der Waals surface area contributed by atoms with Gasteiger partial charge in [-0.25, -0.2) is 9.18 Å². The fourth-order valence-corrected chi connectivity index (χ4v) is 2.87. The van der Waals surface area contributed by atoms with Crippen LogP contribution < -0.4 is 5.32 Å². The summed E-state index contributed by atoms with van der Waals surface area (Å²) in [7, 11) is 0. The lowest BCUT2D eigenvalue weighted by atomic mass is 9.86. The third-order valence-electron chi connectivity index (χ3n) is 4.01. The van der Waals surface area contributed by atoms with Crippen LogP contribution in [0.2, 0.25) is 0 Å². The zero-order valence-electron chi connectivity index (χ0n) is 11.9. The Morgan fingerprint density at radius 2 is 1.95 bits per heavy atom. The van der Waals surface area contributed by atoms with Gasteiger partial charge in [0.25, 0.3) is 0 Å². The van der Waals surface area contributed by atoms with E-state index in [4.69, 9.17) is 5.11 Å². The third-order valence-corrected chi connectivity index (χ3v) is 4.01. The average molecular weight is 293 g/mol. The van der Waals surface area contributed by atoms with Crippen molar-refractivity contribution in [3.63, 3.8) is 0 Å². The van der Waals surface area contributed by atoms with Crippen LogP contribution in [0.3, 0.4) is 0 Å². The molecule has 0 atom stereocenters. The van der Waals surface area contributed by atoms with Crippen LogP contribution in [0, 0.1) is 11.7 Å². The van der Waals surface area contributed by atoms with E-state index in [1.165, 1.54) is 31.4 Å². The third kappa shape index (κ3) is 4.28.